The second kappa shape index (κ2) is 5.63. The van der Waals surface area contributed by atoms with Gasteiger partial charge in [0.15, 0.2) is 10.9 Å². The molecule has 0 N–H and O–H groups in total. The van der Waals surface area contributed by atoms with E-state index in [0.29, 0.717) is 10.7 Å². The van der Waals surface area contributed by atoms with Crippen LogP contribution in [-0.2, 0) is 0 Å². The van der Waals surface area contributed by atoms with Crippen molar-refractivity contribution in [3.63, 3.8) is 0 Å². The van der Waals surface area contributed by atoms with E-state index in [2.05, 4.69) is 25.9 Å². The summed E-state index contributed by atoms with van der Waals surface area (Å²) in [6.07, 6.45) is 1.72. The number of aromatic nitrogens is 2. The van der Waals surface area contributed by atoms with Gasteiger partial charge in [-0.1, -0.05) is 15.9 Å². The van der Waals surface area contributed by atoms with E-state index in [0.717, 1.165) is 15.1 Å². The Balaban J connectivity index is 2.39. The topological polar surface area (TPSA) is 42.9 Å². The molecule has 5 heteroatoms. The molecule has 0 aliphatic rings. The van der Waals surface area contributed by atoms with E-state index in [1.54, 1.807) is 13.1 Å². The van der Waals surface area contributed by atoms with E-state index in [9.17, 15) is 4.79 Å². The number of hydrogen-bond acceptors (Lipinski definition) is 4. The summed E-state index contributed by atoms with van der Waals surface area (Å²) in [6.45, 7) is 3.48. The van der Waals surface area contributed by atoms with Gasteiger partial charge in [0, 0.05) is 26.8 Å². The van der Waals surface area contributed by atoms with Crippen LogP contribution in [0.5, 0.6) is 0 Å². The predicted molar refractivity (Wildman–Crippen MR) is 75.0 cm³/mol. The molecular weight excluding hydrogens is 312 g/mol. The van der Waals surface area contributed by atoms with Crippen LogP contribution in [0, 0.1) is 6.92 Å². The van der Waals surface area contributed by atoms with Crippen molar-refractivity contribution in [1.29, 1.82) is 0 Å². The molecule has 1 aromatic carbocycles. The first kappa shape index (κ1) is 13.2. The molecule has 3 nitrogen and oxygen atoms in total. The van der Waals surface area contributed by atoms with Gasteiger partial charge >= 0.3 is 0 Å². The maximum absolute atomic E-state index is 11.6. The Morgan fingerprint density at radius 1 is 1.33 bits per heavy atom. The highest BCUT2D eigenvalue weighted by atomic mass is 79.9. The van der Waals surface area contributed by atoms with Gasteiger partial charge in [0.25, 0.3) is 0 Å². The highest BCUT2D eigenvalue weighted by molar-refractivity contribution is 9.10. The van der Waals surface area contributed by atoms with Crippen LogP contribution >= 0.6 is 27.7 Å². The Morgan fingerprint density at radius 2 is 2.11 bits per heavy atom. The van der Waals surface area contributed by atoms with Gasteiger partial charge < -0.3 is 0 Å². The highest BCUT2D eigenvalue weighted by Gasteiger charge is 2.10. The molecule has 18 heavy (non-hydrogen) atoms. The standard InChI is InChI=1S/C13H11BrN2OS/c1-8-5-6-15-13(16-8)18-12-7-10(14)3-4-11(12)9(2)17/h3-7H,1-2H3. The Bertz CT molecular complexity index is 601. The Morgan fingerprint density at radius 3 is 2.78 bits per heavy atom. The fraction of sp³-hybridized carbons (Fsp3) is 0.154. The number of carbonyl (C=O) groups excluding carboxylic acids is 1. The third-order valence-electron chi connectivity index (χ3n) is 2.30. The normalized spacial score (nSPS) is 10.4. The van der Waals surface area contributed by atoms with Gasteiger partial charge in [0.05, 0.1) is 0 Å². The van der Waals surface area contributed by atoms with Crippen LogP contribution in [0.15, 0.2) is 45.0 Å². The SMILES string of the molecule is CC(=O)c1ccc(Br)cc1Sc1nccc(C)n1. The lowest BCUT2D eigenvalue weighted by Crippen LogP contribution is -1.96. The monoisotopic (exact) mass is 322 g/mol. The first-order valence-electron chi connectivity index (χ1n) is 5.34. The van der Waals surface area contributed by atoms with Gasteiger partial charge in [0.1, 0.15) is 0 Å². The second-order valence-electron chi connectivity index (χ2n) is 3.78. The number of benzene rings is 1. The summed E-state index contributed by atoms with van der Waals surface area (Å²) >= 11 is 4.81. The van der Waals surface area contributed by atoms with E-state index >= 15 is 0 Å². The van der Waals surface area contributed by atoms with Crippen molar-refractivity contribution < 1.29 is 4.79 Å². The number of carbonyl (C=O) groups is 1. The molecule has 0 amide bonds. The molecule has 0 atom stereocenters. The molecule has 0 fully saturated rings. The maximum Gasteiger partial charge on any atom is 0.192 e. The van der Waals surface area contributed by atoms with Crippen molar-refractivity contribution in [3.05, 3.63) is 46.2 Å². The lowest BCUT2D eigenvalue weighted by Gasteiger charge is -2.06. The smallest absolute Gasteiger partial charge is 0.192 e. The van der Waals surface area contributed by atoms with E-state index in [1.165, 1.54) is 11.8 Å². The number of ketones is 1. The van der Waals surface area contributed by atoms with Gasteiger partial charge in [-0.15, -0.1) is 0 Å². The largest absolute Gasteiger partial charge is 0.294 e. The van der Waals surface area contributed by atoms with Crippen LogP contribution in [0.3, 0.4) is 0 Å². The van der Waals surface area contributed by atoms with E-state index in [4.69, 9.17) is 0 Å². The molecule has 0 saturated heterocycles. The minimum atomic E-state index is 0.0395. The number of nitrogens with zero attached hydrogens (tertiary/aromatic N) is 2. The number of hydrogen-bond donors (Lipinski definition) is 0. The number of rotatable bonds is 3. The summed E-state index contributed by atoms with van der Waals surface area (Å²) in [6, 6.07) is 7.42. The fourth-order valence-corrected chi connectivity index (χ4v) is 2.97. The Kier molecular flexibility index (Phi) is 4.14. The molecular formula is C13H11BrN2OS. The summed E-state index contributed by atoms with van der Waals surface area (Å²) in [4.78, 5) is 20.9. The number of Topliss-reactive ketones (excluding diaryl/α,β-unsaturated/α-hetero) is 1. The Hall–Kier alpha value is -1.20. The lowest BCUT2D eigenvalue weighted by atomic mass is 10.1. The molecule has 0 aliphatic carbocycles. The summed E-state index contributed by atoms with van der Waals surface area (Å²) < 4.78 is 0.933. The van der Waals surface area contributed by atoms with Crippen molar-refractivity contribution in [2.75, 3.05) is 0 Å². The zero-order valence-corrected chi connectivity index (χ0v) is 12.4. The molecule has 92 valence electrons. The Labute approximate surface area is 118 Å². The minimum absolute atomic E-state index is 0.0395. The van der Waals surface area contributed by atoms with Crippen LogP contribution < -0.4 is 0 Å². The van der Waals surface area contributed by atoms with Gasteiger partial charge in [0.2, 0.25) is 0 Å². The lowest BCUT2D eigenvalue weighted by molar-refractivity contribution is 0.101. The quantitative estimate of drug-likeness (QED) is 0.635. The van der Waals surface area contributed by atoms with Gasteiger partial charge in [-0.25, -0.2) is 9.97 Å². The van der Waals surface area contributed by atoms with E-state index < -0.39 is 0 Å². The van der Waals surface area contributed by atoms with Crippen molar-refractivity contribution in [2.24, 2.45) is 0 Å². The first-order chi connectivity index (χ1) is 8.56. The third kappa shape index (κ3) is 3.17. The molecule has 1 heterocycles. The molecule has 2 aromatic rings. The molecule has 0 unspecified atom stereocenters. The van der Waals surface area contributed by atoms with Gasteiger partial charge in [-0.2, -0.15) is 0 Å². The molecule has 0 aliphatic heterocycles. The minimum Gasteiger partial charge on any atom is -0.294 e. The molecule has 1 aromatic heterocycles. The zero-order chi connectivity index (χ0) is 13.1. The van der Waals surface area contributed by atoms with E-state index in [-0.39, 0.29) is 5.78 Å². The zero-order valence-electron chi connectivity index (χ0n) is 9.98. The van der Waals surface area contributed by atoms with Crippen molar-refractivity contribution in [3.8, 4) is 0 Å². The van der Waals surface area contributed by atoms with Crippen molar-refractivity contribution >= 4 is 33.5 Å². The number of aryl methyl sites for hydroxylation is 1. The summed E-state index contributed by atoms with van der Waals surface area (Å²) in [5.74, 6) is 0.0395. The van der Waals surface area contributed by atoms with E-state index in [1.807, 2.05) is 31.2 Å². The van der Waals surface area contributed by atoms with Crippen LogP contribution in [-0.4, -0.2) is 15.8 Å². The van der Waals surface area contributed by atoms with Gasteiger partial charge in [-0.05, 0) is 49.9 Å². The van der Waals surface area contributed by atoms with Crippen LogP contribution in [0.2, 0.25) is 0 Å². The maximum atomic E-state index is 11.6. The first-order valence-corrected chi connectivity index (χ1v) is 6.95. The average Bonchev–Trinajstić information content (AvgIpc) is 2.28. The molecule has 0 bridgehead atoms. The van der Waals surface area contributed by atoms with Crippen LogP contribution in [0.4, 0.5) is 0 Å². The average molecular weight is 323 g/mol. The van der Waals surface area contributed by atoms with Crippen LogP contribution in [0.25, 0.3) is 0 Å². The third-order valence-corrected chi connectivity index (χ3v) is 3.73. The molecule has 0 saturated carbocycles. The van der Waals surface area contributed by atoms with Crippen molar-refractivity contribution in [1.82, 2.24) is 9.97 Å². The molecule has 0 radical (unpaired) electrons. The number of halogens is 1. The van der Waals surface area contributed by atoms with Gasteiger partial charge in [-0.3, -0.25) is 4.79 Å². The van der Waals surface area contributed by atoms with Crippen LogP contribution in [0.1, 0.15) is 23.0 Å². The highest BCUT2D eigenvalue weighted by Crippen LogP contribution is 2.30. The summed E-state index contributed by atoms with van der Waals surface area (Å²) in [5, 5.41) is 0.649. The summed E-state index contributed by atoms with van der Waals surface area (Å²) in [7, 11) is 0. The molecule has 0 spiro atoms. The fourth-order valence-electron chi connectivity index (χ4n) is 1.44. The predicted octanol–water partition coefficient (Wildman–Crippen LogP) is 3.90. The molecule has 2 rings (SSSR count). The second-order valence-corrected chi connectivity index (χ2v) is 5.70. The summed E-state index contributed by atoms with van der Waals surface area (Å²) in [5.41, 5.74) is 1.60. The van der Waals surface area contributed by atoms with Crippen molar-refractivity contribution in [2.45, 2.75) is 23.9 Å².